The number of aryl methyl sites for hydroxylation is 1. The normalized spacial score (nSPS) is 13.4. The van der Waals surface area contributed by atoms with Gasteiger partial charge in [0, 0.05) is 12.7 Å². The molecular formula is C19H21N3O4. The average molecular weight is 355 g/mol. The van der Waals surface area contributed by atoms with Crippen LogP contribution in [0.3, 0.4) is 0 Å². The van der Waals surface area contributed by atoms with E-state index in [-0.39, 0.29) is 24.5 Å². The molecule has 0 fully saturated rings. The van der Waals surface area contributed by atoms with Gasteiger partial charge < -0.3 is 19.5 Å². The van der Waals surface area contributed by atoms with Gasteiger partial charge in [-0.15, -0.1) is 0 Å². The minimum absolute atomic E-state index is 0.121. The number of nitrogens with zero attached hydrogens (tertiary/aromatic N) is 3. The maximum absolute atomic E-state index is 12.2. The van der Waals surface area contributed by atoms with Gasteiger partial charge in [0.2, 0.25) is 0 Å². The summed E-state index contributed by atoms with van der Waals surface area (Å²) in [6.07, 6.45) is 1.53. The molecule has 0 bridgehead atoms. The highest BCUT2D eigenvalue weighted by atomic mass is 16.5. The van der Waals surface area contributed by atoms with Crippen LogP contribution >= 0.6 is 0 Å². The van der Waals surface area contributed by atoms with Crippen LogP contribution in [0, 0.1) is 6.92 Å². The number of carbonyl (C=O) groups is 1. The van der Waals surface area contributed by atoms with Gasteiger partial charge in [-0.1, -0.05) is 12.1 Å². The van der Waals surface area contributed by atoms with Crippen molar-refractivity contribution in [2.24, 2.45) is 0 Å². The molecule has 0 unspecified atom stereocenters. The molecule has 0 saturated carbocycles. The summed E-state index contributed by atoms with van der Waals surface area (Å²) < 4.78 is 10.3. The maximum atomic E-state index is 12.2. The Balaban J connectivity index is 1.97. The summed E-state index contributed by atoms with van der Waals surface area (Å²) in [6, 6.07) is 7.67. The molecule has 0 aliphatic carbocycles. The number of rotatable bonds is 5. The van der Waals surface area contributed by atoms with Gasteiger partial charge >= 0.3 is 5.97 Å². The highest BCUT2D eigenvalue weighted by Crippen LogP contribution is 2.33. The van der Waals surface area contributed by atoms with E-state index in [0.717, 1.165) is 11.3 Å². The van der Waals surface area contributed by atoms with Gasteiger partial charge in [-0.3, -0.25) is 0 Å². The molecule has 1 aromatic heterocycles. The summed E-state index contributed by atoms with van der Waals surface area (Å²) in [4.78, 5) is 22.8. The zero-order valence-corrected chi connectivity index (χ0v) is 15.0. The molecule has 0 saturated heterocycles. The first kappa shape index (κ1) is 17.7. The fourth-order valence-electron chi connectivity index (χ4n) is 2.83. The number of carbonyl (C=O) groups excluding carboxylic acids is 1. The summed E-state index contributed by atoms with van der Waals surface area (Å²) in [6.45, 7) is 4.48. The number of anilines is 1. The first-order valence-corrected chi connectivity index (χ1v) is 8.34. The topological polar surface area (TPSA) is 84.8 Å². The number of hydrogen-bond acceptors (Lipinski definition) is 7. The zero-order chi connectivity index (χ0) is 18.7. The van der Waals surface area contributed by atoms with Crippen molar-refractivity contribution >= 4 is 17.5 Å². The van der Waals surface area contributed by atoms with Crippen molar-refractivity contribution in [3.8, 4) is 5.75 Å². The van der Waals surface area contributed by atoms with Gasteiger partial charge in [-0.05, 0) is 31.5 Å². The van der Waals surface area contributed by atoms with Crippen LogP contribution in [0.1, 0.15) is 23.9 Å². The summed E-state index contributed by atoms with van der Waals surface area (Å²) in [5.74, 6) is 1.31. The fourth-order valence-corrected chi connectivity index (χ4v) is 2.83. The van der Waals surface area contributed by atoms with Gasteiger partial charge in [0.1, 0.15) is 23.2 Å². The van der Waals surface area contributed by atoms with Crippen LogP contribution < -0.4 is 9.64 Å². The molecular weight excluding hydrogens is 334 g/mol. The number of esters is 1. The standard InChI is InChI=1S/C19H21N3O4/c1-4-26-19(24)16-11-22(10-13-5-7-14(25-3)8-6-13)18-15(17(16)23)9-20-12(2)21-18/h5-9,23H,4,10-11H2,1-3H3. The minimum atomic E-state index is -0.532. The van der Waals surface area contributed by atoms with Crippen molar-refractivity contribution < 1.29 is 19.4 Å². The third kappa shape index (κ3) is 3.46. The smallest absolute Gasteiger partial charge is 0.339 e. The first-order valence-electron chi connectivity index (χ1n) is 8.34. The van der Waals surface area contributed by atoms with E-state index in [4.69, 9.17) is 9.47 Å². The fraction of sp³-hybridized carbons (Fsp3) is 0.316. The Morgan fingerprint density at radius 1 is 1.31 bits per heavy atom. The Kier molecular flexibility index (Phi) is 5.06. The third-order valence-electron chi connectivity index (χ3n) is 4.13. The predicted molar refractivity (Wildman–Crippen MR) is 97.0 cm³/mol. The second-order valence-electron chi connectivity index (χ2n) is 5.91. The lowest BCUT2D eigenvalue weighted by molar-refractivity contribution is -0.138. The minimum Gasteiger partial charge on any atom is -0.506 e. The zero-order valence-electron chi connectivity index (χ0n) is 15.0. The molecule has 7 nitrogen and oxygen atoms in total. The van der Waals surface area contributed by atoms with E-state index < -0.39 is 5.97 Å². The SMILES string of the molecule is CCOC(=O)C1=C(O)c2cnc(C)nc2N(Cc2ccc(OC)cc2)C1. The largest absolute Gasteiger partial charge is 0.506 e. The number of fused-ring (bicyclic) bond motifs is 1. The molecule has 3 rings (SSSR count). The van der Waals surface area contributed by atoms with E-state index in [0.29, 0.717) is 23.8 Å². The molecule has 1 aromatic carbocycles. The van der Waals surface area contributed by atoms with E-state index in [1.807, 2.05) is 29.2 Å². The highest BCUT2D eigenvalue weighted by Gasteiger charge is 2.30. The number of benzene rings is 1. The molecule has 1 aliphatic rings. The third-order valence-corrected chi connectivity index (χ3v) is 4.13. The van der Waals surface area contributed by atoms with Crippen LogP contribution in [0.2, 0.25) is 0 Å². The Bertz CT molecular complexity index is 846. The second kappa shape index (κ2) is 7.43. The summed E-state index contributed by atoms with van der Waals surface area (Å²) in [7, 11) is 1.62. The van der Waals surface area contributed by atoms with Crippen molar-refractivity contribution in [2.75, 3.05) is 25.2 Å². The molecule has 2 heterocycles. The molecule has 1 N–H and O–H groups in total. The van der Waals surface area contributed by atoms with E-state index in [1.54, 1.807) is 21.0 Å². The van der Waals surface area contributed by atoms with Gasteiger partial charge in [-0.2, -0.15) is 0 Å². The second-order valence-corrected chi connectivity index (χ2v) is 5.91. The Labute approximate surface area is 151 Å². The summed E-state index contributed by atoms with van der Waals surface area (Å²) in [5.41, 5.74) is 1.66. The lowest BCUT2D eigenvalue weighted by Crippen LogP contribution is -2.34. The first-order chi connectivity index (χ1) is 12.5. The predicted octanol–water partition coefficient (Wildman–Crippen LogP) is 2.65. The highest BCUT2D eigenvalue weighted by molar-refractivity contribution is 5.99. The van der Waals surface area contributed by atoms with Gasteiger partial charge in [-0.25, -0.2) is 14.8 Å². The van der Waals surface area contributed by atoms with Crippen molar-refractivity contribution in [1.29, 1.82) is 0 Å². The number of hydrogen-bond donors (Lipinski definition) is 1. The van der Waals surface area contributed by atoms with Crippen LogP contribution in [-0.4, -0.2) is 41.3 Å². The van der Waals surface area contributed by atoms with Crippen molar-refractivity contribution in [3.63, 3.8) is 0 Å². The van der Waals surface area contributed by atoms with E-state index in [1.165, 1.54) is 6.20 Å². The molecule has 0 atom stereocenters. The van der Waals surface area contributed by atoms with E-state index >= 15 is 0 Å². The number of aromatic nitrogens is 2. The molecule has 7 heteroatoms. The van der Waals surface area contributed by atoms with Crippen LogP contribution in [-0.2, 0) is 16.1 Å². The average Bonchev–Trinajstić information content (AvgIpc) is 2.64. The molecule has 136 valence electrons. The van der Waals surface area contributed by atoms with Crippen molar-refractivity contribution in [3.05, 3.63) is 53.0 Å². The van der Waals surface area contributed by atoms with Crippen LogP contribution in [0.25, 0.3) is 5.76 Å². The van der Waals surface area contributed by atoms with Crippen LogP contribution in [0.15, 0.2) is 36.0 Å². The number of ether oxygens (including phenoxy) is 2. The number of methoxy groups -OCH3 is 1. The van der Waals surface area contributed by atoms with Gasteiger partial charge in [0.25, 0.3) is 0 Å². The molecule has 0 spiro atoms. The molecule has 26 heavy (non-hydrogen) atoms. The van der Waals surface area contributed by atoms with E-state index in [9.17, 15) is 9.90 Å². The Hall–Kier alpha value is -3.09. The lowest BCUT2D eigenvalue weighted by atomic mass is 10.0. The monoisotopic (exact) mass is 355 g/mol. The molecule has 0 amide bonds. The molecule has 2 aromatic rings. The number of aliphatic hydroxyl groups is 1. The summed E-state index contributed by atoms with van der Waals surface area (Å²) >= 11 is 0. The van der Waals surface area contributed by atoms with Gasteiger partial charge in [0.15, 0.2) is 0 Å². The van der Waals surface area contributed by atoms with Gasteiger partial charge in [0.05, 0.1) is 31.4 Å². The quantitative estimate of drug-likeness (QED) is 0.825. The molecule has 0 radical (unpaired) electrons. The van der Waals surface area contributed by atoms with E-state index in [2.05, 4.69) is 9.97 Å². The number of aliphatic hydroxyl groups excluding tert-OH is 1. The van der Waals surface area contributed by atoms with Crippen LogP contribution in [0.4, 0.5) is 5.82 Å². The maximum Gasteiger partial charge on any atom is 0.339 e. The Morgan fingerprint density at radius 3 is 2.69 bits per heavy atom. The van der Waals surface area contributed by atoms with Crippen molar-refractivity contribution in [2.45, 2.75) is 20.4 Å². The lowest BCUT2D eigenvalue weighted by Gasteiger charge is -2.30. The molecule has 1 aliphatic heterocycles. The summed E-state index contributed by atoms with van der Waals surface area (Å²) in [5, 5.41) is 10.5. The Morgan fingerprint density at radius 2 is 2.04 bits per heavy atom. The van der Waals surface area contributed by atoms with Crippen LogP contribution in [0.5, 0.6) is 5.75 Å². The van der Waals surface area contributed by atoms with Crippen molar-refractivity contribution in [1.82, 2.24) is 9.97 Å².